The Labute approximate surface area is 235 Å². The molecule has 1 aromatic carbocycles. The Bertz CT molecular complexity index is 1360. The van der Waals surface area contributed by atoms with Gasteiger partial charge in [-0.3, -0.25) is 18.1 Å². The summed E-state index contributed by atoms with van der Waals surface area (Å²) in [6.07, 6.45) is -5.32. The number of benzene rings is 1. The van der Waals surface area contributed by atoms with Gasteiger partial charge in [-0.25, -0.2) is 13.8 Å². The highest BCUT2D eigenvalue weighted by Gasteiger charge is 2.63. The number of phosphoric ester groups is 1. The van der Waals surface area contributed by atoms with Gasteiger partial charge in [-0.05, 0) is 42.4 Å². The Balaban J connectivity index is 1.60. The van der Waals surface area contributed by atoms with E-state index in [1.165, 1.54) is 18.2 Å². The highest BCUT2D eigenvalue weighted by molar-refractivity contribution is 7.48. The zero-order chi connectivity index (χ0) is 29.7. The third-order valence-electron chi connectivity index (χ3n) is 7.27. The smallest absolute Gasteiger partial charge is 0.405 e. The lowest BCUT2D eigenvalue weighted by molar-refractivity contribution is -0.138. The van der Waals surface area contributed by atoms with E-state index in [2.05, 4.69) is 4.98 Å². The molecule has 2 aliphatic rings. The molecule has 2 aliphatic heterocycles. The molecule has 1 aromatic heterocycles. The maximum absolute atomic E-state index is 15.9. The van der Waals surface area contributed by atoms with Crippen LogP contribution in [-0.4, -0.2) is 49.2 Å². The summed E-state index contributed by atoms with van der Waals surface area (Å²) in [4.78, 5) is 15.9. The minimum atomic E-state index is -4.36. The first-order valence-corrected chi connectivity index (χ1v) is 17.3. The average molecular weight is 626 g/mol. The fourth-order valence-electron chi connectivity index (χ4n) is 4.06. The molecule has 0 spiro atoms. The van der Waals surface area contributed by atoms with Crippen LogP contribution in [0.25, 0.3) is 0 Å². The Morgan fingerprint density at radius 1 is 1.30 bits per heavy atom. The van der Waals surface area contributed by atoms with Crippen molar-refractivity contribution in [3.63, 3.8) is 0 Å². The van der Waals surface area contributed by atoms with Crippen LogP contribution in [0, 0.1) is 5.82 Å². The summed E-state index contributed by atoms with van der Waals surface area (Å²) in [6.45, 7) is 8.37. The summed E-state index contributed by atoms with van der Waals surface area (Å²) in [5, 5.41) is -0.212. The van der Waals surface area contributed by atoms with Gasteiger partial charge >= 0.3 is 19.4 Å². The van der Waals surface area contributed by atoms with Crippen LogP contribution in [0.1, 0.15) is 45.1 Å². The van der Waals surface area contributed by atoms with Gasteiger partial charge in [-0.15, -0.1) is 0 Å². The van der Waals surface area contributed by atoms with Crippen LogP contribution < -0.4 is 11.4 Å². The van der Waals surface area contributed by atoms with Crippen molar-refractivity contribution in [1.29, 1.82) is 0 Å². The molecule has 0 amide bonds. The van der Waals surface area contributed by atoms with Gasteiger partial charge in [-0.2, -0.15) is 13.8 Å². The van der Waals surface area contributed by atoms with Crippen molar-refractivity contribution in [3.05, 3.63) is 57.3 Å². The van der Waals surface area contributed by atoms with E-state index in [1.54, 1.807) is 13.1 Å². The summed E-state index contributed by atoms with van der Waals surface area (Å²) in [5.41, 5.74) is 4.52. The van der Waals surface area contributed by atoms with E-state index >= 15 is 8.78 Å². The number of nitrogen functional groups attached to an aromatic ring is 1. The fraction of sp³-hybridized carbons (Fsp3) is 0.583. The molecule has 40 heavy (non-hydrogen) atoms. The first-order chi connectivity index (χ1) is 18.4. The van der Waals surface area contributed by atoms with Crippen LogP contribution in [0.15, 0.2) is 35.3 Å². The van der Waals surface area contributed by atoms with Crippen molar-refractivity contribution < 1.29 is 40.5 Å². The number of ether oxygens (including phenoxy) is 1. The number of hydrogen-bond acceptors (Lipinski definition) is 9. The van der Waals surface area contributed by atoms with Crippen molar-refractivity contribution in [2.45, 2.75) is 75.8 Å². The highest BCUT2D eigenvalue weighted by atomic mass is 35.5. The molecule has 2 saturated heterocycles. The lowest BCUT2D eigenvalue weighted by atomic mass is 10.1. The largest absolute Gasteiger partial charge is 0.475 e. The molecule has 2 N–H and O–H groups in total. The molecule has 2 fully saturated rings. The van der Waals surface area contributed by atoms with Gasteiger partial charge in [0.15, 0.2) is 8.32 Å². The summed E-state index contributed by atoms with van der Waals surface area (Å²) in [7, 11) is -7.19. The van der Waals surface area contributed by atoms with Crippen LogP contribution in [0.5, 0.6) is 0 Å². The quantitative estimate of drug-likeness (QED) is 0.298. The molecule has 5 atom stereocenters. The molecule has 222 valence electrons. The van der Waals surface area contributed by atoms with E-state index in [4.69, 9.17) is 40.1 Å². The minimum Gasteiger partial charge on any atom is -0.405 e. The number of halogens is 4. The number of nitrogens with two attached hydrogens (primary N) is 1. The number of rotatable bonds is 7. The maximum atomic E-state index is 15.9. The molecular weight excluding hydrogens is 594 g/mol. The first kappa shape index (κ1) is 31.2. The standard InChI is InChI=1S/C24H32ClF3N3O7PSi/c1-23(2,3)40(4,5)38-20-18(36-21(24(20,27)28)31-10-8-19(29)30-22(31)32)13-35-39(33)34-11-9-17(37-39)15-12-14(25)6-7-16(15)26/h6-8,10,12,17-18,20-21H,9,11,13H2,1-5H3,(H2,29,30,32)/t17-,18-,20-,21-,39?/m1/s1. The maximum Gasteiger partial charge on any atom is 0.475 e. The lowest BCUT2D eigenvalue weighted by Crippen LogP contribution is -2.52. The van der Waals surface area contributed by atoms with Gasteiger partial charge < -0.3 is 14.9 Å². The molecule has 0 radical (unpaired) electrons. The first-order valence-electron chi connectivity index (χ1n) is 12.5. The Morgan fingerprint density at radius 2 is 2.00 bits per heavy atom. The normalized spacial score (nSPS) is 29.0. The van der Waals surface area contributed by atoms with Crippen molar-refractivity contribution in [1.82, 2.24) is 9.55 Å². The van der Waals surface area contributed by atoms with E-state index in [-0.39, 0.29) is 29.4 Å². The van der Waals surface area contributed by atoms with Crippen molar-refractivity contribution >= 4 is 33.6 Å². The molecule has 0 bridgehead atoms. The van der Waals surface area contributed by atoms with Gasteiger partial charge in [0.25, 0.3) is 0 Å². The molecule has 10 nitrogen and oxygen atoms in total. The second-order valence-electron chi connectivity index (χ2n) is 11.2. The average Bonchev–Trinajstić information content (AvgIpc) is 3.08. The van der Waals surface area contributed by atoms with Gasteiger partial charge in [0.2, 0.25) is 6.23 Å². The molecule has 2 aromatic rings. The number of aromatic nitrogens is 2. The summed E-state index contributed by atoms with van der Waals surface area (Å²) < 4.78 is 88.2. The van der Waals surface area contributed by atoms with Crippen molar-refractivity contribution in [2.75, 3.05) is 18.9 Å². The highest BCUT2D eigenvalue weighted by Crippen LogP contribution is 2.58. The van der Waals surface area contributed by atoms with E-state index < -0.39 is 69.8 Å². The van der Waals surface area contributed by atoms with Gasteiger partial charge in [0.05, 0.1) is 19.3 Å². The predicted molar refractivity (Wildman–Crippen MR) is 143 cm³/mol. The van der Waals surface area contributed by atoms with Crippen LogP contribution >= 0.6 is 19.4 Å². The van der Waals surface area contributed by atoms with Crippen molar-refractivity contribution in [2.24, 2.45) is 0 Å². The number of nitrogens with zero attached hydrogens (tertiary/aromatic N) is 2. The fourth-order valence-corrected chi connectivity index (χ4v) is 6.93. The number of anilines is 1. The predicted octanol–water partition coefficient (Wildman–Crippen LogP) is 5.84. The number of alkyl halides is 2. The van der Waals surface area contributed by atoms with E-state index in [9.17, 15) is 13.8 Å². The molecule has 16 heteroatoms. The lowest BCUT2D eigenvalue weighted by Gasteiger charge is -2.40. The number of phosphoric acid groups is 1. The molecular formula is C24H32ClF3N3O7PSi. The zero-order valence-corrected chi connectivity index (χ0v) is 25.3. The molecule has 3 heterocycles. The van der Waals surface area contributed by atoms with E-state index in [0.717, 1.165) is 12.3 Å². The van der Waals surface area contributed by atoms with Crippen LogP contribution in [0.2, 0.25) is 23.2 Å². The molecule has 1 unspecified atom stereocenters. The minimum absolute atomic E-state index is 0.0534. The van der Waals surface area contributed by atoms with Gasteiger partial charge in [0.1, 0.15) is 23.8 Å². The van der Waals surface area contributed by atoms with Gasteiger partial charge in [-0.1, -0.05) is 32.4 Å². The zero-order valence-electron chi connectivity index (χ0n) is 22.6. The SMILES string of the molecule is CC(C)(C)[Si](C)(C)O[C@@H]1[C@@H](COP2(=O)OCC[C@H](c3cc(Cl)ccc3F)O2)O[C@@H](n2ccc(N)nc2=O)C1(F)F. The van der Waals surface area contributed by atoms with Crippen LogP contribution in [0.3, 0.4) is 0 Å². The Kier molecular flexibility index (Phi) is 8.68. The Hall–Kier alpha value is -1.77. The Morgan fingerprint density at radius 3 is 2.65 bits per heavy atom. The monoisotopic (exact) mass is 625 g/mol. The van der Waals surface area contributed by atoms with E-state index in [1.807, 2.05) is 20.8 Å². The third kappa shape index (κ3) is 6.34. The van der Waals surface area contributed by atoms with Gasteiger partial charge in [0, 0.05) is 23.2 Å². The second kappa shape index (κ2) is 11.1. The summed E-state index contributed by atoms with van der Waals surface area (Å²) in [5.74, 6) is -4.51. The van der Waals surface area contributed by atoms with E-state index in [0.29, 0.717) is 4.57 Å². The second-order valence-corrected chi connectivity index (χ2v) is 18.0. The molecule has 0 saturated carbocycles. The molecule has 4 rings (SSSR count). The third-order valence-corrected chi connectivity index (χ3v) is 13.4. The van der Waals surface area contributed by atoms with Crippen molar-refractivity contribution in [3.8, 4) is 0 Å². The summed E-state index contributed by atoms with van der Waals surface area (Å²) >= 11 is 5.98. The summed E-state index contributed by atoms with van der Waals surface area (Å²) in [6, 6.07) is 5.03. The van der Waals surface area contributed by atoms with Crippen LogP contribution in [0.4, 0.5) is 19.0 Å². The molecule has 0 aliphatic carbocycles. The van der Waals surface area contributed by atoms with Crippen LogP contribution in [-0.2, 0) is 27.3 Å². The number of hydrogen-bond donors (Lipinski definition) is 1. The topological polar surface area (TPSA) is 124 Å².